The number of anilines is 1. The van der Waals surface area contributed by atoms with Crippen molar-refractivity contribution >= 4 is 32.7 Å². The van der Waals surface area contributed by atoms with Crippen molar-refractivity contribution < 1.29 is 4.42 Å². The molecule has 2 N–H and O–H groups in total. The van der Waals surface area contributed by atoms with Crippen LogP contribution in [0.3, 0.4) is 0 Å². The summed E-state index contributed by atoms with van der Waals surface area (Å²) in [7, 11) is 0. The quantitative estimate of drug-likeness (QED) is 0.709. The standard InChI is InChI=1S/C16H15BrN2O/c1-9-7-13-16(15(17)10(9)2)20-14(19-13)8-11-3-5-12(18)6-4-11/h3-7H,8,18H2,1-2H3. The van der Waals surface area contributed by atoms with Gasteiger partial charge in [0.25, 0.3) is 0 Å². The van der Waals surface area contributed by atoms with Crippen LogP contribution in [0.25, 0.3) is 11.1 Å². The average molecular weight is 331 g/mol. The maximum absolute atomic E-state index is 5.88. The van der Waals surface area contributed by atoms with Crippen molar-refractivity contribution in [3.05, 3.63) is 57.4 Å². The third kappa shape index (κ3) is 2.31. The minimum atomic E-state index is 0.666. The van der Waals surface area contributed by atoms with Crippen molar-refractivity contribution in [3.8, 4) is 0 Å². The molecule has 0 atom stereocenters. The van der Waals surface area contributed by atoms with Crippen LogP contribution in [0.1, 0.15) is 22.6 Å². The van der Waals surface area contributed by atoms with Crippen molar-refractivity contribution in [1.82, 2.24) is 4.98 Å². The molecule has 3 aromatic rings. The van der Waals surface area contributed by atoms with Crippen LogP contribution >= 0.6 is 15.9 Å². The molecule has 0 radical (unpaired) electrons. The Morgan fingerprint density at radius 2 is 1.90 bits per heavy atom. The van der Waals surface area contributed by atoms with E-state index in [2.05, 4.69) is 40.8 Å². The van der Waals surface area contributed by atoms with Gasteiger partial charge in [-0.25, -0.2) is 4.98 Å². The Labute approximate surface area is 125 Å². The summed E-state index contributed by atoms with van der Waals surface area (Å²) in [5.41, 5.74) is 11.7. The lowest BCUT2D eigenvalue weighted by Gasteiger charge is -2.01. The molecule has 1 aromatic heterocycles. The third-order valence-corrected chi connectivity index (χ3v) is 4.46. The molecule has 0 bridgehead atoms. The maximum Gasteiger partial charge on any atom is 0.199 e. The lowest BCUT2D eigenvalue weighted by molar-refractivity contribution is 0.542. The Hall–Kier alpha value is -1.81. The lowest BCUT2D eigenvalue weighted by Crippen LogP contribution is -1.89. The van der Waals surface area contributed by atoms with E-state index >= 15 is 0 Å². The number of halogens is 1. The fourth-order valence-corrected chi connectivity index (χ4v) is 2.77. The molecular formula is C16H15BrN2O. The Kier molecular flexibility index (Phi) is 3.26. The Morgan fingerprint density at radius 1 is 1.20 bits per heavy atom. The summed E-state index contributed by atoms with van der Waals surface area (Å²) >= 11 is 3.59. The van der Waals surface area contributed by atoms with Gasteiger partial charge in [0, 0.05) is 12.1 Å². The zero-order valence-corrected chi connectivity index (χ0v) is 13.0. The first-order valence-electron chi connectivity index (χ1n) is 6.44. The summed E-state index contributed by atoms with van der Waals surface area (Å²) in [4.78, 5) is 4.57. The van der Waals surface area contributed by atoms with Crippen molar-refractivity contribution in [2.75, 3.05) is 5.73 Å². The van der Waals surface area contributed by atoms with E-state index in [1.54, 1.807) is 0 Å². The van der Waals surface area contributed by atoms with Crippen LogP contribution in [-0.2, 0) is 6.42 Å². The van der Waals surface area contributed by atoms with E-state index < -0.39 is 0 Å². The first kappa shape index (κ1) is 13.2. The monoisotopic (exact) mass is 330 g/mol. The van der Waals surface area contributed by atoms with Gasteiger partial charge in [0.2, 0.25) is 0 Å². The highest BCUT2D eigenvalue weighted by atomic mass is 79.9. The van der Waals surface area contributed by atoms with Crippen molar-refractivity contribution in [2.45, 2.75) is 20.3 Å². The highest BCUT2D eigenvalue weighted by Crippen LogP contribution is 2.31. The van der Waals surface area contributed by atoms with E-state index in [-0.39, 0.29) is 0 Å². The van der Waals surface area contributed by atoms with Gasteiger partial charge in [-0.1, -0.05) is 12.1 Å². The molecule has 0 aliphatic heterocycles. The predicted molar refractivity (Wildman–Crippen MR) is 84.8 cm³/mol. The molecule has 4 heteroatoms. The van der Waals surface area contributed by atoms with Crippen LogP contribution in [0.4, 0.5) is 5.69 Å². The third-order valence-electron chi connectivity index (χ3n) is 3.51. The number of nitrogen functional groups attached to an aromatic ring is 1. The molecule has 0 aliphatic carbocycles. The molecule has 1 heterocycles. The Bertz CT molecular complexity index is 775. The van der Waals surface area contributed by atoms with Crippen LogP contribution < -0.4 is 5.73 Å². The number of fused-ring (bicyclic) bond motifs is 1. The van der Waals surface area contributed by atoms with E-state index in [0.29, 0.717) is 6.42 Å². The van der Waals surface area contributed by atoms with Crippen LogP contribution in [-0.4, -0.2) is 4.98 Å². The molecular weight excluding hydrogens is 316 g/mol. The van der Waals surface area contributed by atoms with Crippen LogP contribution in [0.15, 0.2) is 39.2 Å². The number of nitrogens with zero attached hydrogens (tertiary/aromatic N) is 1. The number of hydrogen-bond donors (Lipinski definition) is 1. The van der Waals surface area contributed by atoms with Crippen molar-refractivity contribution in [3.63, 3.8) is 0 Å². The molecule has 0 fully saturated rings. The molecule has 3 rings (SSSR count). The van der Waals surface area contributed by atoms with Gasteiger partial charge in [-0.2, -0.15) is 0 Å². The van der Waals surface area contributed by atoms with E-state index in [1.807, 2.05) is 24.3 Å². The molecule has 102 valence electrons. The van der Waals surface area contributed by atoms with Crippen molar-refractivity contribution in [2.24, 2.45) is 0 Å². The molecule has 0 spiro atoms. The first-order chi connectivity index (χ1) is 9.54. The van der Waals surface area contributed by atoms with Crippen LogP contribution in [0.2, 0.25) is 0 Å². The minimum Gasteiger partial charge on any atom is -0.439 e. The molecule has 0 aliphatic rings. The van der Waals surface area contributed by atoms with Crippen LogP contribution in [0, 0.1) is 13.8 Å². The van der Waals surface area contributed by atoms with E-state index in [4.69, 9.17) is 10.2 Å². The molecule has 20 heavy (non-hydrogen) atoms. The van der Waals surface area contributed by atoms with Crippen LogP contribution in [0.5, 0.6) is 0 Å². The molecule has 0 saturated carbocycles. The van der Waals surface area contributed by atoms with Gasteiger partial charge in [0.1, 0.15) is 5.52 Å². The van der Waals surface area contributed by atoms with E-state index in [1.165, 1.54) is 11.1 Å². The SMILES string of the molecule is Cc1cc2nc(Cc3ccc(N)cc3)oc2c(Br)c1C. The Balaban J connectivity index is 2.01. The summed E-state index contributed by atoms with van der Waals surface area (Å²) in [6.07, 6.45) is 0.666. The molecule has 2 aromatic carbocycles. The summed E-state index contributed by atoms with van der Waals surface area (Å²) in [6.45, 7) is 4.15. The van der Waals surface area contributed by atoms with Gasteiger partial charge in [-0.3, -0.25) is 0 Å². The first-order valence-corrected chi connectivity index (χ1v) is 7.23. The second kappa shape index (κ2) is 4.94. The fourth-order valence-electron chi connectivity index (χ4n) is 2.18. The minimum absolute atomic E-state index is 0.666. The fraction of sp³-hybridized carbons (Fsp3) is 0.188. The lowest BCUT2D eigenvalue weighted by atomic mass is 10.1. The number of rotatable bonds is 2. The number of hydrogen-bond acceptors (Lipinski definition) is 3. The second-order valence-electron chi connectivity index (χ2n) is 5.01. The smallest absolute Gasteiger partial charge is 0.199 e. The Morgan fingerprint density at radius 3 is 2.60 bits per heavy atom. The number of aromatic nitrogens is 1. The molecule has 3 nitrogen and oxygen atoms in total. The number of nitrogens with two attached hydrogens (primary N) is 1. The maximum atomic E-state index is 5.88. The predicted octanol–water partition coefficient (Wildman–Crippen LogP) is 4.38. The van der Waals surface area contributed by atoms with E-state index in [9.17, 15) is 0 Å². The van der Waals surface area contributed by atoms with Gasteiger partial charge in [-0.15, -0.1) is 0 Å². The largest absolute Gasteiger partial charge is 0.439 e. The normalized spacial score (nSPS) is 11.2. The van der Waals surface area contributed by atoms with Gasteiger partial charge < -0.3 is 10.2 Å². The molecule has 0 amide bonds. The second-order valence-corrected chi connectivity index (χ2v) is 5.80. The summed E-state index contributed by atoms with van der Waals surface area (Å²) < 4.78 is 6.87. The van der Waals surface area contributed by atoms with E-state index in [0.717, 1.165) is 32.7 Å². The molecule has 0 saturated heterocycles. The van der Waals surface area contributed by atoms with Gasteiger partial charge in [0.15, 0.2) is 11.5 Å². The summed E-state index contributed by atoms with van der Waals surface area (Å²) in [5.74, 6) is 0.718. The zero-order valence-electron chi connectivity index (χ0n) is 11.4. The molecule has 0 unspecified atom stereocenters. The number of benzene rings is 2. The highest BCUT2D eigenvalue weighted by molar-refractivity contribution is 9.10. The van der Waals surface area contributed by atoms with Gasteiger partial charge in [0.05, 0.1) is 4.47 Å². The topological polar surface area (TPSA) is 52.0 Å². The average Bonchev–Trinajstić information content (AvgIpc) is 2.81. The highest BCUT2D eigenvalue weighted by Gasteiger charge is 2.13. The summed E-state index contributed by atoms with van der Waals surface area (Å²) in [5, 5.41) is 0. The number of aryl methyl sites for hydroxylation is 1. The van der Waals surface area contributed by atoms with Crippen molar-refractivity contribution in [1.29, 1.82) is 0 Å². The zero-order chi connectivity index (χ0) is 14.3. The van der Waals surface area contributed by atoms with Gasteiger partial charge >= 0.3 is 0 Å². The van der Waals surface area contributed by atoms with Gasteiger partial charge in [-0.05, 0) is 64.7 Å². The number of oxazole rings is 1. The summed E-state index contributed by atoms with van der Waals surface area (Å²) in [6, 6.07) is 9.83.